The molecule has 1 heterocycles. The Morgan fingerprint density at radius 3 is 2.57 bits per heavy atom. The largest absolute Gasteiger partial charge is 0.480 e. The van der Waals surface area contributed by atoms with Gasteiger partial charge >= 0.3 is 5.97 Å². The number of carboxylic acids is 1. The summed E-state index contributed by atoms with van der Waals surface area (Å²) in [6.45, 7) is 2.04. The first-order valence-corrected chi connectivity index (χ1v) is 6.52. The summed E-state index contributed by atoms with van der Waals surface area (Å²) in [5.74, 6) is -1.38. The zero-order valence-corrected chi connectivity index (χ0v) is 12.0. The van der Waals surface area contributed by atoms with Crippen LogP contribution < -0.4 is 0 Å². The highest BCUT2D eigenvalue weighted by Crippen LogP contribution is 2.12. The van der Waals surface area contributed by atoms with Crippen LogP contribution in [0.5, 0.6) is 0 Å². The third-order valence-electron chi connectivity index (χ3n) is 3.23. The number of hydrogen-bond donors (Lipinski definition) is 1. The molecule has 1 N–H and O–H groups in total. The predicted molar refractivity (Wildman–Crippen MR) is 77.1 cm³/mol. The van der Waals surface area contributed by atoms with Crippen LogP contribution in [0.2, 0.25) is 0 Å². The van der Waals surface area contributed by atoms with Crippen LogP contribution in [0, 0.1) is 6.92 Å². The maximum atomic E-state index is 12.2. The molecule has 0 spiro atoms. The topological polar surface area (TPSA) is 75.4 Å². The minimum atomic E-state index is -1.04. The first-order valence-electron chi connectivity index (χ1n) is 6.52. The number of aliphatic carboxylic acids is 1. The van der Waals surface area contributed by atoms with E-state index in [9.17, 15) is 9.59 Å². The van der Waals surface area contributed by atoms with Gasteiger partial charge in [-0.3, -0.25) is 14.3 Å². The van der Waals surface area contributed by atoms with Crippen LogP contribution in [-0.2, 0) is 11.3 Å². The number of amides is 1. The minimum Gasteiger partial charge on any atom is -0.480 e. The van der Waals surface area contributed by atoms with Crippen molar-refractivity contribution in [1.29, 1.82) is 0 Å². The van der Waals surface area contributed by atoms with Crippen molar-refractivity contribution in [2.75, 3.05) is 13.6 Å². The van der Waals surface area contributed by atoms with Crippen molar-refractivity contribution in [1.82, 2.24) is 14.7 Å². The van der Waals surface area contributed by atoms with Crippen molar-refractivity contribution in [2.24, 2.45) is 0 Å². The molecule has 21 heavy (non-hydrogen) atoms. The first-order chi connectivity index (χ1) is 9.99. The molecule has 1 aromatic carbocycles. The molecule has 0 radical (unpaired) electrons. The van der Waals surface area contributed by atoms with Gasteiger partial charge in [0.25, 0.3) is 5.91 Å². The van der Waals surface area contributed by atoms with Crippen molar-refractivity contribution >= 4 is 11.9 Å². The Hall–Kier alpha value is -2.63. The van der Waals surface area contributed by atoms with E-state index in [4.69, 9.17) is 5.11 Å². The van der Waals surface area contributed by atoms with Gasteiger partial charge in [0.15, 0.2) is 0 Å². The van der Waals surface area contributed by atoms with Crippen molar-refractivity contribution in [3.8, 4) is 0 Å². The Bertz CT molecular complexity index is 649. The number of benzene rings is 1. The van der Waals surface area contributed by atoms with E-state index in [1.165, 1.54) is 18.1 Å². The van der Waals surface area contributed by atoms with Crippen LogP contribution in [0.3, 0.4) is 0 Å². The summed E-state index contributed by atoms with van der Waals surface area (Å²) >= 11 is 0. The molecule has 0 fully saturated rings. The molecular formula is C15H17N3O3. The number of nitrogens with zero attached hydrogens (tertiary/aromatic N) is 3. The van der Waals surface area contributed by atoms with E-state index in [1.54, 1.807) is 11.6 Å². The van der Waals surface area contributed by atoms with E-state index in [0.717, 1.165) is 11.3 Å². The highest BCUT2D eigenvalue weighted by molar-refractivity contribution is 5.96. The second-order valence-electron chi connectivity index (χ2n) is 4.84. The highest BCUT2D eigenvalue weighted by atomic mass is 16.4. The monoisotopic (exact) mass is 287 g/mol. The maximum absolute atomic E-state index is 12.2. The van der Waals surface area contributed by atoms with Crippen molar-refractivity contribution in [3.63, 3.8) is 0 Å². The lowest BCUT2D eigenvalue weighted by Crippen LogP contribution is -2.32. The smallest absolute Gasteiger partial charge is 0.323 e. The molecule has 2 rings (SSSR count). The third-order valence-corrected chi connectivity index (χ3v) is 3.23. The fourth-order valence-electron chi connectivity index (χ4n) is 2.05. The van der Waals surface area contributed by atoms with Crippen LogP contribution in [-0.4, -0.2) is 45.3 Å². The van der Waals surface area contributed by atoms with Gasteiger partial charge in [0.05, 0.1) is 18.3 Å². The molecule has 6 nitrogen and oxygen atoms in total. The number of carbonyl (C=O) groups is 2. The van der Waals surface area contributed by atoms with Gasteiger partial charge in [-0.15, -0.1) is 0 Å². The normalized spacial score (nSPS) is 10.4. The molecule has 1 aromatic heterocycles. The lowest BCUT2D eigenvalue weighted by atomic mass is 10.2. The van der Waals surface area contributed by atoms with E-state index in [1.807, 2.05) is 30.3 Å². The van der Waals surface area contributed by atoms with Crippen LogP contribution in [0.1, 0.15) is 21.6 Å². The van der Waals surface area contributed by atoms with Crippen molar-refractivity contribution in [2.45, 2.75) is 13.5 Å². The quantitative estimate of drug-likeness (QED) is 0.902. The molecule has 0 bridgehead atoms. The third kappa shape index (κ3) is 3.47. The van der Waals surface area contributed by atoms with Gasteiger partial charge in [-0.05, 0) is 12.5 Å². The number of aromatic nitrogens is 2. The standard InChI is InChI=1S/C15H17N3O3/c1-11-13(15(21)17(2)10-14(19)20)8-16-18(11)9-12-6-4-3-5-7-12/h3-8H,9-10H2,1-2H3,(H,19,20). The summed E-state index contributed by atoms with van der Waals surface area (Å²) in [6.07, 6.45) is 1.49. The number of carboxylic acid groups (broad SMARTS) is 1. The predicted octanol–water partition coefficient (Wildman–Crippen LogP) is 1.40. The lowest BCUT2D eigenvalue weighted by molar-refractivity contribution is -0.137. The Morgan fingerprint density at radius 2 is 1.95 bits per heavy atom. The zero-order chi connectivity index (χ0) is 15.4. The van der Waals surface area contributed by atoms with E-state index < -0.39 is 5.97 Å². The Balaban J connectivity index is 2.17. The average molecular weight is 287 g/mol. The molecule has 0 saturated heterocycles. The summed E-state index contributed by atoms with van der Waals surface area (Å²) in [7, 11) is 1.46. The molecular weight excluding hydrogens is 270 g/mol. The molecule has 6 heteroatoms. The van der Waals surface area contributed by atoms with Crippen molar-refractivity contribution in [3.05, 3.63) is 53.3 Å². The Labute approximate surface area is 122 Å². The zero-order valence-electron chi connectivity index (χ0n) is 12.0. The molecule has 0 unspecified atom stereocenters. The van der Waals surface area contributed by atoms with E-state index in [-0.39, 0.29) is 12.5 Å². The van der Waals surface area contributed by atoms with Gasteiger partial charge in [0.1, 0.15) is 6.54 Å². The summed E-state index contributed by atoms with van der Waals surface area (Å²) in [6, 6.07) is 9.80. The molecule has 0 saturated carbocycles. The van der Waals surface area contributed by atoms with Gasteiger partial charge in [-0.1, -0.05) is 30.3 Å². The number of rotatable bonds is 5. The summed E-state index contributed by atoms with van der Waals surface area (Å²) < 4.78 is 1.73. The molecule has 0 aliphatic rings. The van der Waals surface area contributed by atoms with Crippen LogP contribution >= 0.6 is 0 Å². The fraction of sp³-hybridized carbons (Fsp3) is 0.267. The summed E-state index contributed by atoms with van der Waals surface area (Å²) in [5, 5.41) is 12.9. The van der Waals surface area contributed by atoms with E-state index in [0.29, 0.717) is 12.1 Å². The molecule has 0 aliphatic carbocycles. The number of hydrogen-bond acceptors (Lipinski definition) is 3. The first kappa shape index (κ1) is 14.8. The Morgan fingerprint density at radius 1 is 1.29 bits per heavy atom. The lowest BCUT2D eigenvalue weighted by Gasteiger charge is -2.14. The van der Waals surface area contributed by atoms with E-state index in [2.05, 4.69) is 5.10 Å². The second-order valence-corrected chi connectivity index (χ2v) is 4.84. The van der Waals surface area contributed by atoms with Gasteiger partial charge < -0.3 is 10.0 Å². The van der Waals surface area contributed by atoms with E-state index >= 15 is 0 Å². The average Bonchev–Trinajstić information content (AvgIpc) is 2.80. The molecule has 110 valence electrons. The number of likely N-dealkylation sites (N-methyl/N-ethyl adjacent to an activating group) is 1. The summed E-state index contributed by atoms with van der Waals surface area (Å²) in [5.41, 5.74) is 2.23. The molecule has 0 atom stereocenters. The molecule has 0 aliphatic heterocycles. The molecule has 2 aromatic rings. The molecule has 1 amide bonds. The van der Waals surface area contributed by atoms with Gasteiger partial charge in [0, 0.05) is 12.7 Å². The fourth-order valence-corrected chi connectivity index (χ4v) is 2.05. The maximum Gasteiger partial charge on any atom is 0.323 e. The van der Waals surface area contributed by atoms with Crippen LogP contribution in [0.4, 0.5) is 0 Å². The number of carbonyl (C=O) groups excluding carboxylic acids is 1. The van der Waals surface area contributed by atoms with Gasteiger partial charge in [-0.2, -0.15) is 5.10 Å². The van der Waals surface area contributed by atoms with Gasteiger partial charge in [0.2, 0.25) is 0 Å². The SMILES string of the molecule is Cc1c(C(=O)N(C)CC(=O)O)cnn1Cc1ccccc1. The van der Waals surface area contributed by atoms with Gasteiger partial charge in [-0.25, -0.2) is 0 Å². The van der Waals surface area contributed by atoms with Crippen molar-refractivity contribution < 1.29 is 14.7 Å². The second kappa shape index (κ2) is 6.21. The van der Waals surface area contributed by atoms with Crippen LogP contribution in [0.15, 0.2) is 36.5 Å². The Kier molecular flexibility index (Phi) is 4.37. The summed E-state index contributed by atoms with van der Waals surface area (Å²) in [4.78, 5) is 24.0. The minimum absolute atomic E-state index is 0.331. The highest BCUT2D eigenvalue weighted by Gasteiger charge is 2.19. The van der Waals surface area contributed by atoms with Crippen LogP contribution in [0.25, 0.3) is 0 Å².